The monoisotopic (exact) mass is 265 g/mol. The number of aryl methyl sites for hydroxylation is 1. The summed E-state index contributed by atoms with van der Waals surface area (Å²) in [7, 11) is 0. The Morgan fingerprint density at radius 2 is 1.68 bits per heavy atom. The van der Waals surface area contributed by atoms with E-state index in [0.29, 0.717) is 11.1 Å². The molecule has 0 heterocycles. The minimum Gasteiger partial charge on any atom is -0.324 e. The molecule has 0 radical (unpaired) electrons. The van der Waals surface area contributed by atoms with Crippen molar-refractivity contribution in [2.75, 3.05) is 0 Å². The first-order chi connectivity index (χ1) is 9.00. The van der Waals surface area contributed by atoms with Crippen LogP contribution in [0.15, 0.2) is 36.4 Å². The molecule has 2 N–H and O–H groups in total. The van der Waals surface area contributed by atoms with E-state index in [9.17, 15) is 13.2 Å². The van der Waals surface area contributed by atoms with E-state index >= 15 is 0 Å². The Balaban J connectivity index is 2.28. The lowest BCUT2D eigenvalue weighted by atomic mass is 9.97. The average molecular weight is 265 g/mol. The van der Waals surface area contributed by atoms with Gasteiger partial charge in [-0.25, -0.2) is 13.2 Å². The molecule has 1 atom stereocenters. The zero-order valence-corrected chi connectivity index (χ0v) is 10.5. The van der Waals surface area contributed by atoms with Crippen molar-refractivity contribution in [3.05, 3.63) is 70.5 Å². The molecule has 2 aromatic rings. The number of benzene rings is 2. The van der Waals surface area contributed by atoms with E-state index in [4.69, 9.17) is 5.73 Å². The van der Waals surface area contributed by atoms with E-state index < -0.39 is 23.5 Å². The molecule has 100 valence electrons. The number of nitrogens with two attached hydrogens (primary N) is 1. The number of halogens is 3. The molecule has 0 fully saturated rings. The molecule has 4 heteroatoms. The summed E-state index contributed by atoms with van der Waals surface area (Å²) in [6, 6.07) is 8.07. The molecule has 0 aliphatic carbocycles. The van der Waals surface area contributed by atoms with E-state index in [-0.39, 0.29) is 12.0 Å². The Morgan fingerprint density at radius 1 is 1.00 bits per heavy atom. The maximum Gasteiger partial charge on any atom is 0.162 e. The van der Waals surface area contributed by atoms with E-state index in [1.807, 2.05) is 0 Å². The van der Waals surface area contributed by atoms with Crippen LogP contribution in [0.25, 0.3) is 0 Å². The summed E-state index contributed by atoms with van der Waals surface area (Å²) in [5.74, 6) is -2.24. The maximum absolute atomic E-state index is 13.9. The molecule has 1 unspecified atom stereocenters. The van der Waals surface area contributed by atoms with Gasteiger partial charge >= 0.3 is 0 Å². The largest absolute Gasteiger partial charge is 0.324 e. The first-order valence-electron chi connectivity index (χ1n) is 5.94. The molecule has 1 nitrogen and oxygen atoms in total. The van der Waals surface area contributed by atoms with Crippen molar-refractivity contribution in [3.8, 4) is 0 Å². The summed E-state index contributed by atoms with van der Waals surface area (Å²) in [6.07, 6.45) is 0.0456. The van der Waals surface area contributed by atoms with E-state index in [1.54, 1.807) is 25.1 Å². The van der Waals surface area contributed by atoms with Gasteiger partial charge in [0.05, 0.1) is 0 Å². The van der Waals surface area contributed by atoms with Crippen molar-refractivity contribution in [2.45, 2.75) is 19.4 Å². The van der Waals surface area contributed by atoms with E-state index in [0.717, 1.165) is 6.07 Å². The molecule has 2 aromatic carbocycles. The molecule has 0 amide bonds. The summed E-state index contributed by atoms with van der Waals surface area (Å²) in [5, 5.41) is 0. The summed E-state index contributed by atoms with van der Waals surface area (Å²) in [4.78, 5) is 0. The van der Waals surface area contributed by atoms with Crippen molar-refractivity contribution in [1.82, 2.24) is 0 Å². The highest BCUT2D eigenvalue weighted by Gasteiger charge is 2.16. The van der Waals surface area contributed by atoms with Gasteiger partial charge < -0.3 is 5.73 Å². The molecular formula is C15H14F3N. The number of hydrogen-bond donors (Lipinski definition) is 1. The standard InChI is InChI=1S/C15H14F3N/c1-9-4-2-6-11(14(9)17)13(19)8-10-5-3-7-12(16)15(10)18/h2-7,13H,8,19H2,1H3. The Labute approximate surface area is 109 Å². The third kappa shape index (κ3) is 2.79. The van der Waals surface area contributed by atoms with Gasteiger partial charge in [-0.15, -0.1) is 0 Å². The van der Waals surface area contributed by atoms with Gasteiger partial charge in [0, 0.05) is 11.6 Å². The molecule has 0 aromatic heterocycles. The topological polar surface area (TPSA) is 26.0 Å². The van der Waals surface area contributed by atoms with Gasteiger partial charge in [0.2, 0.25) is 0 Å². The van der Waals surface area contributed by atoms with Gasteiger partial charge in [-0.1, -0.05) is 30.3 Å². The van der Waals surface area contributed by atoms with Crippen LogP contribution < -0.4 is 5.73 Å². The fraction of sp³-hybridized carbons (Fsp3) is 0.200. The van der Waals surface area contributed by atoms with Crippen LogP contribution in [0.1, 0.15) is 22.7 Å². The molecule has 0 aliphatic heterocycles. The highest BCUT2D eigenvalue weighted by Crippen LogP contribution is 2.23. The lowest BCUT2D eigenvalue weighted by Crippen LogP contribution is -2.16. The van der Waals surface area contributed by atoms with Gasteiger partial charge in [-0.05, 0) is 30.5 Å². The van der Waals surface area contributed by atoms with Gasteiger partial charge in [-0.2, -0.15) is 0 Å². The van der Waals surface area contributed by atoms with Crippen LogP contribution >= 0.6 is 0 Å². The predicted octanol–water partition coefficient (Wildman–Crippen LogP) is 3.65. The molecular weight excluding hydrogens is 251 g/mol. The van der Waals surface area contributed by atoms with Crippen LogP contribution in [0.3, 0.4) is 0 Å². The molecule has 0 aliphatic rings. The van der Waals surface area contributed by atoms with Crippen molar-refractivity contribution < 1.29 is 13.2 Å². The highest BCUT2D eigenvalue weighted by atomic mass is 19.2. The number of hydrogen-bond acceptors (Lipinski definition) is 1. The lowest BCUT2D eigenvalue weighted by molar-refractivity contribution is 0.492. The molecule has 2 rings (SSSR count). The molecule has 19 heavy (non-hydrogen) atoms. The Morgan fingerprint density at radius 3 is 2.42 bits per heavy atom. The average Bonchev–Trinajstić information content (AvgIpc) is 2.38. The quantitative estimate of drug-likeness (QED) is 0.900. The van der Waals surface area contributed by atoms with Crippen molar-refractivity contribution in [2.24, 2.45) is 5.73 Å². The van der Waals surface area contributed by atoms with Gasteiger partial charge in [0.25, 0.3) is 0 Å². The highest BCUT2D eigenvalue weighted by molar-refractivity contribution is 5.29. The normalized spacial score (nSPS) is 12.5. The second-order valence-corrected chi connectivity index (χ2v) is 4.50. The van der Waals surface area contributed by atoms with Crippen LogP contribution in [0, 0.1) is 24.4 Å². The van der Waals surface area contributed by atoms with Gasteiger partial charge in [0.15, 0.2) is 11.6 Å². The first kappa shape index (κ1) is 13.6. The second-order valence-electron chi connectivity index (χ2n) is 4.50. The molecule has 0 spiro atoms. The summed E-state index contributed by atoms with van der Waals surface area (Å²) in [6.45, 7) is 1.63. The predicted molar refractivity (Wildman–Crippen MR) is 68.1 cm³/mol. The minimum atomic E-state index is -0.925. The first-order valence-corrected chi connectivity index (χ1v) is 5.94. The Kier molecular flexibility index (Phi) is 3.90. The maximum atomic E-state index is 13.9. The zero-order chi connectivity index (χ0) is 14.0. The van der Waals surface area contributed by atoms with E-state index in [2.05, 4.69) is 0 Å². The lowest BCUT2D eigenvalue weighted by Gasteiger charge is -2.14. The second kappa shape index (κ2) is 5.45. The SMILES string of the molecule is Cc1cccc(C(N)Cc2cccc(F)c2F)c1F. The molecule has 0 bridgehead atoms. The third-order valence-electron chi connectivity index (χ3n) is 3.09. The van der Waals surface area contributed by atoms with E-state index in [1.165, 1.54) is 12.1 Å². The summed E-state index contributed by atoms with van der Waals surface area (Å²) >= 11 is 0. The van der Waals surface area contributed by atoms with Crippen molar-refractivity contribution >= 4 is 0 Å². The van der Waals surface area contributed by atoms with Gasteiger partial charge in [-0.3, -0.25) is 0 Å². The summed E-state index contributed by atoms with van der Waals surface area (Å²) in [5.41, 5.74) is 6.82. The molecule has 0 saturated carbocycles. The zero-order valence-electron chi connectivity index (χ0n) is 10.5. The third-order valence-corrected chi connectivity index (χ3v) is 3.09. The van der Waals surface area contributed by atoms with Crippen LogP contribution in [0.4, 0.5) is 13.2 Å². The van der Waals surface area contributed by atoms with Crippen LogP contribution in [0.5, 0.6) is 0 Å². The van der Waals surface area contributed by atoms with Crippen LogP contribution in [-0.4, -0.2) is 0 Å². The summed E-state index contributed by atoms with van der Waals surface area (Å²) < 4.78 is 40.5. The fourth-order valence-electron chi connectivity index (χ4n) is 2.01. The van der Waals surface area contributed by atoms with Crippen molar-refractivity contribution in [3.63, 3.8) is 0 Å². The Hall–Kier alpha value is -1.81. The van der Waals surface area contributed by atoms with Crippen LogP contribution in [-0.2, 0) is 6.42 Å². The van der Waals surface area contributed by atoms with Gasteiger partial charge in [0.1, 0.15) is 5.82 Å². The van der Waals surface area contributed by atoms with Crippen LogP contribution in [0.2, 0.25) is 0 Å². The fourth-order valence-corrected chi connectivity index (χ4v) is 2.01. The Bertz CT molecular complexity index is 596. The number of rotatable bonds is 3. The minimum absolute atomic E-state index is 0.0456. The smallest absolute Gasteiger partial charge is 0.162 e. The van der Waals surface area contributed by atoms with Crippen molar-refractivity contribution in [1.29, 1.82) is 0 Å². The molecule has 0 saturated heterocycles.